The van der Waals surface area contributed by atoms with Crippen LogP contribution in [0.15, 0.2) is 61.2 Å². The van der Waals surface area contributed by atoms with Gasteiger partial charge in [-0.15, -0.1) is 0 Å². The monoisotopic (exact) mass is 682 g/mol. The zero-order valence-electron chi connectivity index (χ0n) is 29.0. The number of methoxy groups -OCH3 is 1. The van der Waals surface area contributed by atoms with E-state index in [1.807, 2.05) is 18.2 Å². The van der Waals surface area contributed by atoms with E-state index >= 15 is 4.39 Å². The molecule has 10 nitrogen and oxygen atoms in total. The van der Waals surface area contributed by atoms with Crippen LogP contribution in [0, 0.1) is 23.1 Å². The summed E-state index contributed by atoms with van der Waals surface area (Å²) in [6.07, 6.45) is 1.64. The van der Waals surface area contributed by atoms with Crippen LogP contribution in [0.2, 0.25) is 0 Å². The zero-order chi connectivity index (χ0) is 36.2. The van der Waals surface area contributed by atoms with Crippen molar-refractivity contribution < 1.29 is 33.0 Å². The minimum Gasteiger partial charge on any atom is -0.495 e. The van der Waals surface area contributed by atoms with Gasteiger partial charge in [0.25, 0.3) is 5.91 Å². The summed E-state index contributed by atoms with van der Waals surface area (Å²) in [5.41, 5.74) is 9.36. The maximum Gasteiger partial charge on any atom is 0.306 e. The number of nitrogens with two attached hydrogens (primary N) is 1. The second kappa shape index (κ2) is 15.0. The molecule has 0 saturated carbocycles. The molecule has 262 valence electrons. The van der Waals surface area contributed by atoms with Crippen molar-refractivity contribution in [1.82, 2.24) is 4.90 Å². The van der Waals surface area contributed by atoms with E-state index in [2.05, 4.69) is 17.5 Å². The molecule has 50 heavy (non-hydrogen) atoms. The van der Waals surface area contributed by atoms with Crippen molar-refractivity contribution in [2.45, 2.75) is 71.2 Å². The molecule has 2 aliphatic heterocycles. The van der Waals surface area contributed by atoms with Crippen molar-refractivity contribution in [2.24, 2.45) is 11.7 Å². The minimum absolute atomic E-state index is 0.0223. The first-order chi connectivity index (χ1) is 23.8. The van der Waals surface area contributed by atoms with Gasteiger partial charge < -0.3 is 29.7 Å². The van der Waals surface area contributed by atoms with Crippen molar-refractivity contribution in [3.05, 3.63) is 94.8 Å². The van der Waals surface area contributed by atoms with Gasteiger partial charge in [-0.1, -0.05) is 24.8 Å². The molecule has 0 bridgehead atoms. The Labute approximate surface area is 292 Å². The number of hydrogen-bond donors (Lipinski definition) is 1. The average molecular weight is 683 g/mol. The van der Waals surface area contributed by atoms with Gasteiger partial charge in [0.1, 0.15) is 41.6 Å². The van der Waals surface area contributed by atoms with Gasteiger partial charge in [-0.25, -0.2) is 4.39 Å². The Morgan fingerprint density at radius 1 is 1.10 bits per heavy atom. The lowest BCUT2D eigenvalue weighted by Gasteiger charge is -2.34. The van der Waals surface area contributed by atoms with E-state index in [1.165, 1.54) is 11.0 Å². The molecule has 0 aromatic heterocycles. The number of halogens is 1. The van der Waals surface area contributed by atoms with Crippen molar-refractivity contribution in [3.8, 4) is 17.6 Å². The number of nitrogens with zero attached hydrogens (tertiary/aromatic N) is 3. The van der Waals surface area contributed by atoms with Crippen LogP contribution in [0.4, 0.5) is 10.1 Å². The van der Waals surface area contributed by atoms with Crippen LogP contribution >= 0.6 is 0 Å². The molecule has 1 saturated heterocycles. The first kappa shape index (κ1) is 35.9. The standard InChI is InChI=1S/C39H43FN4O6/c1-24(25-15-17-43(18-16-25)29-12-11-27(21-41)35(20-29)48-5)26-9-10-28(32(40)19-26)23-49-34-8-6-7-30-31(34)22-44(38(30)47)33(37(42)46)13-14-36(45)50-39(2,3)4/h6-12,19-20,25,33H,1,13-18,22-23H2,2-5H3,(H2,42,46)/t33-/m0/s1. The quantitative estimate of drug-likeness (QED) is 0.225. The van der Waals surface area contributed by atoms with Gasteiger partial charge >= 0.3 is 5.97 Å². The van der Waals surface area contributed by atoms with Crippen molar-refractivity contribution in [1.29, 1.82) is 5.26 Å². The summed E-state index contributed by atoms with van der Waals surface area (Å²) < 4.78 is 32.2. The van der Waals surface area contributed by atoms with E-state index in [0.29, 0.717) is 33.8 Å². The first-order valence-electron chi connectivity index (χ1n) is 16.7. The number of carbonyl (C=O) groups is 3. The summed E-state index contributed by atoms with van der Waals surface area (Å²) in [5, 5.41) is 9.28. The normalized spacial score (nSPS) is 15.2. The molecule has 2 N–H and O–H groups in total. The van der Waals surface area contributed by atoms with Gasteiger partial charge in [-0.2, -0.15) is 5.26 Å². The Balaban J connectivity index is 1.19. The Morgan fingerprint density at radius 2 is 1.84 bits per heavy atom. The number of benzene rings is 3. The topological polar surface area (TPSA) is 135 Å². The molecule has 2 aliphatic rings. The second-order valence-corrected chi connectivity index (χ2v) is 13.6. The highest BCUT2D eigenvalue weighted by Crippen LogP contribution is 2.36. The Kier molecular flexibility index (Phi) is 10.8. The number of carbonyl (C=O) groups excluding carboxylic acids is 3. The predicted molar refractivity (Wildman–Crippen MR) is 187 cm³/mol. The van der Waals surface area contributed by atoms with Crippen molar-refractivity contribution >= 4 is 29.0 Å². The molecule has 0 aliphatic carbocycles. The van der Waals surface area contributed by atoms with E-state index in [1.54, 1.807) is 58.2 Å². The third kappa shape index (κ3) is 8.08. The molecule has 0 radical (unpaired) electrons. The average Bonchev–Trinajstić information content (AvgIpc) is 3.42. The van der Waals surface area contributed by atoms with Gasteiger partial charge in [0.2, 0.25) is 5.91 Å². The Hall–Kier alpha value is -5.37. The Morgan fingerprint density at radius 3 is 2.48 bits per heavy atom. The summed E-state index contributed by atoms with van der Waals surface area (Å²) in [7, 11) is 1.55. The number of anilines is 1. The predicted octanol–water partition coefficient (Wildman–Crippen LogP) is 6.15. The number of nitriles is 1. The fourth-order valence-electron chi connectivity index (χ4n) is 6.52. The van der Waals surface area contributed by atoms with Crippen molar-refractivity contribution in [2.75, 3.05) is 25.1 Å². The number of piperidine rings is 1. The summed E-state index contributed by atoms with van der Waals surface area (Å²) in [5.74, 6) is -0.894. The Bertz CT molecular complexity index is 1840. The molecule has 1 fully saturated rings. The molecular weight excluding hydrogens is 639 g/mol. The highest BCUT2D eigenvalue weighted by atomic mass is 19.1. The third-order valence-electron chi connectivity index (χ3n) is 9.16. The zero-order valence-corrected chi connectivity index (χ0v) is 29.0. The van der Waals surface area contributed by atoms with Crippen LogP contribution in [0.1, 0.15) is 79.1 Å². The number of ether oxygens (including phenoxy) is 3. The second-order valence-electron chi connectivity index (χ2n) is 13.6. The maximum absolute atomic E-state index is 15.4. The van der Waals surface area contributed by atoms with E-state index in [-0.39, 0.29) is 31.9 Å². The molecule has 2 heterocycles. The van der Waals surface area contributed by atoms with Crippen LogP contribution < -0.4 is 20.1 Å². The van der Waals surface area contributed by atoms with Crippen LogP contribution in [0.5, 0.6) is 11.5 Å². The molecular formula is C39H43FN4O6. The summed E-state index contributed by atoms with van der Waals surface area (Å²) >= 11 is 0. The summed E-state index contributed by atoms with van der Waals surface area (Å²) in [6, 6.07) is 16.7. The van der Waals surface area contributed by atoms with Crippen LogP contribution in [0.3, 0.4) is 0 Å². The largest absolute Gasteiger partial charge is 0.495 e. The number of fused-ring (bicyclic) bond motifs is 1. The van der Waals surface area contributed by atoms with Crippen molar-refractivity contribution in [3.63, 3.8) is 0 Å². The van der Waals surface area contributed by atoms with E-state index < -0.39 is 35.2 Å². The van der Waals surface area contributed by atoms with Crippen LogP contribution in [-0.4, -0.2) is 54.5 Å². The van der Waals surface area contributed by atoms with Gasteiger partial charge in [0.15, 0.2) is 0 Å². The fourth-order valence-corrected chi connectivity index (χ4v) is 6.52. The number of primary amides is 1. The fraction of sp³-hybridized carbons (Fsp3) is 0.385. The van der Waals surface area contributed by atoms with Gasteiger partial charge in [-0.05, 0) is 87.4 Å². The summed E-state index contributed by atoms with van der Waals surface area (Å²) in [6.45, 7) is 11.1. The molecule has 0 unspecified atom stereocenters. The maximum atomic E-state index is 15.4. The molecule has 3 aromatic carbocycles. The lowest BCUT2D eigenvalue weighted by atomic mass is 9.85. The van der Waals surface area contributed by atoms with Gasteiger partial charge in [0, 0.05) is 48.0 Å². The van der Waals surface area contributed by atoms with Gasteiger partial charge in [0.05, 0.1) is 19.2 Å². The highest BCUT2D eigenvalue weighted by Gasteiger charge is 2.37. The molecule has 2 amide bonds. The van der Waals surface area contributed by atoms with Gasteiger partial charge in [-0.3, -0.25) is 14.4 Å². The third-order valence-corrected chi connectivity index (χ3v) is 9.16. The molecule has 3 aromatic rings. The van der Waals surface area contributed by atoms with Crippen LogP contribution in [0.25, 0.3) is 5.57 Å². The smallest absolute Gasteiger partial charge is 0.306 e. The number of hydrogen-bond acceptors (Lipinski definition) is 8. The lowest BCUT2D eigenvalue weighted by molar-refractivity contribution is -0.155. The number of allylic oxidation sites excluding steroid dienone is 1. The van der Waals surface area contributed by atoms with E-state index in [0.717, 1.165) is 42.8 Å². The minimum atomic E-state index is -1.01. The number of esters is 1. The number of rotatable bonds is 12. The highest BCUT2D eigenvalue weighted by molar-refractivity contribution is 6.01. The lowest BCUT2D eigenvalue weighted by Crippen LogP contribution is -2.45. The molecule has 11 heteroatoms. The molecule has 1 atom stereocenters. The first-order valence-corrected chi connectivity index (χ1v) is 16.7. The van der Waals surface area contributed by atoms with E-state index in [4.69, 9.17) is 19.9 Å². The van der Waals surface area contributed by atoms with Crippen LogP contribution in [-0.2, 0) is 27.5 Å². The summed E-state index contributed by atoms with van der Waals surface area (Å²) in [4.78, 5) is 41.6. The molecule has 5 rings (SSSR count). The van der Waals surface area contributed by atoms with E-state index in [9.17, 15) is 19.6 Å². The number of amides is 2. The molecule has 0 spiro atoms. The SMILES string of the molecule is C=C(c1ccc(COc2cccc3c2CN([C@@H](CCC(=O)OC(C)(C)C)C(N)=O)C3=O)c(F)c1)C1CCN(c2ccc(C#N)c(OC)c2)CC1.